The summed E-state index contributed by atoms with van der Waals surface area (Å²) in [5, 5.41) is 25.3. The fraction of sp³-hybridized carbons (Fsp3) is 0.130. The molecule has 0 atom stereocenters. The highest BCUT2D eigenvalue weighted by Crippen LogP contribution is 2.40. The third-order valence-corrected chi connectivity index (χ3v) is 10.1. The van der Waals surface area contributed by atoms with Crippen molar-refractivity contribution in [2.75, 3.05) is 0 Å². The largest absolute Gasteiger partial charge is 0.303 e. The summed E-state index contributed by atoms with van der Waals surface area (Å²) in [5.74, 6) is 0.500. The number of hydrogen-bond acceptors (Lipinski definition) is 6. The molecule has 0 aliphatic rings. The number of nitriles is 1. The molecule has 0 fully saturated rings. The minimum atomic E-state index is -0.886. The summed E-state index contributed by atoms with van der Waals surface area (Å²) < 4.78 is 1.71. The maximum atomic E-state index is 13.6. The topological polar surface area (TPSA) is 102 Å². The van der Waals surface area contributed by atoms with Crippen molar-refractivity contribution < 1.29 is 0 Å². The van der Waals surface area contributed by atoms with E-state index in [2.05, 4.69) is 67.6 Å². The first-order chi connectivity index (χ1) is 26.5. The number of benzene rings is 5. The van der Waals surface area contributed by atoms with E-state index in [0.29, 0.717) is 18.8 Å². The maximum Gasteiger partial charge on any atom is 0.269 e. The van der Waals surface area contributed by atoms with Crippen LogP contribution in [0.3, 0.4) is 0 Å². The van der Waals surface area contributed by atoms with Crippen LogP contribution in [0.2, 0.25) is 0 Å². The van der Waals surface area contributed by atoms with Gasteiger partial charge < -0.3 is 4.57 Å². The van der Waals surface area contributed by atoms with E-state index in [9.17, 15) is 10.1 Å². The van der Waals surface area contributed by atoms with Crippen LogP contribution < -0.4 is 5.56 Å². The zero-order valence-corrected chi connectivity index (χ0v) is 30.1. The second-order valence-corrected chi connectivity index (χ2v) is 13.2. The van der Waals surface area contributed by atoms with Gasteiger partial charge in [0.15, 0.2) is 5.54 Å². The van der Waals surface area contributed by atoms with Crippen molar-refractivity contribution >= 4 is 10.9 Å². The molecular weight excluding hydrogens is 667 g/mol. The molecule has 5 aromatic carbocycles. The molecule has 3 aromatic heterocycles. The van der Waals surface area contributed by atoms with E-state index in [4.69, 9.17) is 20.4 Å². The lowest BCUT2D eigenvalue weighted by Gasteiger charge is -2.34. The Balaban J connectivity index is 1.20. The molecule has 0 saturated heterocycles. The number of hydrogen-bond donors (Lipinski definition) is 0. The van der Waals surface area contributed by atoms with Gasteiger partial charge in [-0.3, -0.25) is 9.78 Å². The molecule has 8 nitrogen and oxygen atoms in total. The van der Waals surface area contributed by atoms with Gasteiger partial charge in [-0.2, -0.15) is 5.26 Å². The predicted molar refractivity (Wildman–Crippen MR) is 212 cm³/mol. The minimum absolute atomic E-state index is 0.116. The molecule has 3 heterocycles. The summed E-state index contributed by atoms with van der Waals surface area (Å²) in [4.78, 5) is 20.1. The van der Waals surface area contributed by atoms with Crippen molar-refractivity contribution in [3.8, 4) is 28.6 Å². The Hall–Kier alpha value is -6.98. The Kier molecular flexibility index (Phi) is 9.21. The van der Waals surface area contributed by atoms with Crippen molar-refractivity contribution in [2.24, 2.45) is 0 Å². The van der Waals surface area contributed by atoms with Crippen LogP contribution in [0.15, 0.2) is 156 Å². The van der Waals surface area contributed by atoms with E-state index >= 15 is 0 Å². The van der Waals surface area contributed by atoms with E-state index < -0.39 is 5.54 Å². The first kappa shape index (κ1) is 34.1. The number of aryl methyl sites for hydroxylation is 2. The fourth-order valence-corrected chi connectivity index (χ4v) is 7.43. The van der Waals surface area contributed by atoms with Gasteiger partial charge in [-0.25, -0.2) is 0 Å². The Morgan fingerprint density at radius 1 is 0.685 bits per heavy atom. The van der Waals surface area contributed by atoms with Crippen LogP contribution in [0.1, 0.15) is 53.1 Å². The van der Waals surface area contributed by atoms with Gasteiger partial charge in [0, 0.05) is 22.3 Å². The fourth-order valence-electron chi connectivity index (χ4n) is 7.43. The van der Waals surface area contributed by atoms with E-state index in [-0.39, 0.29) is 11.1 Å². The number of fused-ring (bicyclic) bond motifs is 1. The number of pyridine rings is 2. The first-order valence-electron chi connectivity index (χ1n) is 18.2. The van der Waals surface area contributed by atoms with E-state index in [1.54, 1.807) is 15.4 Å². The Morgan fingerprint density at radius 3 is 1.81 bits per heavy atom. The average molecular weight is 704 g/mol. The van der Waals surface area contributed by atoms with Crippen molar-refractivity contribution in [1.82, 2.24) is 29.8 Å². The van der Waals surface area contributed by atoms with Crippen LogP contribution in [0.25, 0.3) is 33.4 Å². The summed E-state index contributed by atoms with van der Waals surface area (Å²) in [6.45, 7) is 4.42. The van der Waals surface area contributed by atoms with Gasteiger partial charge in [0.1, 0.15) is 11.6 Å². The molecule has 0 aliphatic heterocycles. The van der Waals surface area contributed by atoms with Gasteiger partial charge in [0.25, 0.3) is 5.56 Å². The van der Waals surface area contributed by atoms with E-state index in [1.165, 1.54) is 0 Å². The SMILES string of the molecule is CCc1cc2c(cc(C#N)c(=O)n2Cc2ccc(-c3ccccc3-c3nnn(C(c4ccccc4)(c4ccccc4)c4ccccc4)n3)cc2)c(CC)n1. The Morgan fingerprint density at radius 2 is 1.26 bits per heavy atom. The molecule has 0 N–H and O–H groups in total. The zero-order chi connectivity index (χ0) is 37.1. The molecular formula is C46H37N7O. The summed E-state index contributed by atoms with van der Waals surface area (Å²) in [5.41, 5.74) is 8.26. The summed E-state index contributed by atoms with van der Waals surface area (Å²) in [6.07, 6.45) is 1.45. The van der Waals surface area contributed by atoms with Crippen molar-refractivity contribution in [3.63, 3.8) is 0 Å². The second-order valence-electron chi connectivity index (χ2n) is 13.2. The molecule has 8 heteroatoms. The standard InChI is InChI=1S/C46H37N7O/c1-3-38-29-43-41(42(4-2)48-38)28-34(30-47)45(54)52(43)31-32-24-26-33(27-25-32)39-22-14-15-23-40(39)44-49-51-53(50-44)46(35-16-8-5-9-17-35,36-18-10-6-11-19-36)37-20-12-7-13-21-37/h5-29H,3-4,31H2,1-2H3. The molecule has 8 aromatic rings. The third kappa shape index (κ3) is 5.96. The molecule has 262 valence electrons. The molecule has 0 unspecified atom stereocenters. The molecule has 0 saturated carbocycles. The molecule has 0 radical (unpaired) electrons. The molecule has 0 spiro atoms. The van der Waals surface area contributed by atoms with Crippen LogP contribution in [-0.2, 0) is 24.9 Å². The first-order valence-corrected chi connectivity index (χ1v) is 18.2. The van der Waals surface area contributed by atoms with Crippen LogP contribution in [0.5, 0.6) is 0 Å². The van der Waals surface area contributed by atoms with Gasteiger partial charge in [-0.15, -0.1) is 15.0 Å². The smallest absolute Gasteiger partial charge is 0.269 e. The van der Waals surface area contributed by atoms with Crippen molar-refractivity contribution in [1.29, 1.82) is 5.26 Å². The Bertz CT molecular complexity index is 2580. The van der Waals surface area contributed by atoms with E-state index in [1.807, 2.05) is 97.9 Å². The third-order valence-electron chi connectivity index (χ3n) is 10.1. The predicted octanol–water partition coefficient (Wildman–Crippen LogP) is 8.60. The Labute approximate surface area is 313 Å². The van der Waals surface area contributed by atoms with Gasteiger partial charge in [-0.1, -0.05) is 153 Å². The van der Waals surface area contributed by atoms with Crippen molar-refractivity contribution in [3.05, 3.63) is 201 Å². The number of tetrazole rings is 1. The van der Waals surface area contributed by atoms with Gasteiger partial charge in [-0.05, 0) is 63.6 Å². The van der Waals surface area contributed by atoms with Crippen LogP contribution in [-0.4, -0.2) is 29.8 Å². The zero-order valence-electron chi connectivity index (χ0n) is 30.1. The summed E-state index contributed by atoms with van der Waals surface area (Å²) in [6, 6.07) is 52.9. The van der Waals surface area contributed by atoms with Gasteiger partial charge in [0.2, 0.25) is 5.82 Å². The van der Waals surface area contributed by atoms with Crippen molar-refractivity contribution in [2.45, 2.75) is 38.8 Å². The molecule has 8 rings (SSSR count). The molecule has 0 amide bonds. The monoisotopic (exact) mass is 703 g/mol. The highest BCUT2D eigenvalue weighted by molar-refractivity contribution is 5.83. The average Bonchev–Trinajstić information content (AvgIpc) is 3.73. The van der Waals surface area contributed by atoms with Gasteiger partial charge in [0.05, 0.1) is 12.1 Å². The highest BCUT2D eigenvalue weighted by atomic mass is 16.1. The lowest BCUT2D eigenvalue weighted by atomic mass is 9.77. The minimum Gasteiger partial charge on any atom is -0.303 e. The second kappa shape index (κ2) is 14.6. The number of rotatable bonds is 10. The van der Waals surface area contributed by atoms with Crippen LogP contribution in [0, 0.1) is 11.3 Å². The molecule has 0 aliphatic carbocycles. The number of nitrogens with zero attached hydrogens (tertiary/aromatic N) is 7. The highest BCUT2D eigenvalue weighted by Gasteiger charge is 2.41. The normalized spacial score (nSPS) is 11.4. The summed E-state index contributed by atoms with van der Waals surface area (Å²) in [7, 11) is 0. The quantitative estimate of drug-likeness (QED) is 0.132. The van der Waals surface area contributed by atoms with Gasteiger partial charge >= 0.3 is 0 Å². The number of aromatic nitrogens is 6. The van der Waals surface area contributed by atoms with Crippen LogP contribution >= 0.6 is 0 Å². The maximum absolute atomic E-state index is 13.6. The summed E-state index contributed by atoms with van der Waals surface area (Å²) >= 11 is 0. The molecule has 0 bridgehead atoms. The molecule has 54 heavy (non-hydrogen) atoms. The lowest BCUT2D eigenvalue weighted by Crippen LogP contribution is -2.39. The van der Waals surface area contributed by atoms with Crippen LogP contribution in [0.4, 0.5) is 0 Å². The van der Waals surface area contributed by atoms with E-state index in [0.717, 1.165) is 67.7 Å². The lowest BCUT2D eigenvalue weighted by molar-refractivity contribution is 0.396.